The average Bonchev–Trinajstić information content (AvgIpc) is 2.82. The smallest absolute Gasteiger partial charge is 0.157 e. The van der Waals surface area contributed by atoms with Gasteiger partial charge in [0.25, 0.3) is 0 Å². The Morgan fingerprint density at radius 1 is 1.18 bits per heavy atom. The Labute approximate surface area is 97.6 Å². The Balaban J connectivity index is 2.18. The van der Waals surface area contributed by atoms with Gasteiger partial charge in [-0.05, 0) is 30.3 Å². The number of fused-ring (bicyclic) bond motifs is 1. The Morgan fingerprint density at radius 3 is 2.88 bits per heavy atom. The molecule has 0 radical (unpaired) electrons. The second kappa shape index (κ2) is 3.72. The van der Waals surface area contributed by atoms with E-state index in [1.54, 1.807) is 18.3 Å². The number of pyridine rings is 1. The van der Waals surface area contributed by atoms with Crippen molar-refractivity contribution in [3.63, 3.8) is 0 Å². The molecule has 0 bridgehead atoms. The molecule has 1 aromatic carbocycles. The molecule has 0 aliphatic carbocycles. The van der Waals surface area contributed by atoms with Crippen molar-refractivity contribution in [3.05, 3.63) is 48.2 Å². The molecule has 3 aromatic rings. The van der Waals surface area contributed by atoms with Crippen molar-refractivity contribution < 1.29 is 0 Å². The van der Waals surface area contributed by atoms with Gasteiger partial charge in [0.1, 0.15) is 5.69 Å². The lowest BCUT2D eigenvalue weighted by molar-refractivity contribution is 1.24. The lowest BCUT2D eigenvalue weighted by Gasteiger charge is -1.92. The molecule has 1 N–H and O–H groups in total. The van der Waals surface area contributed by atoms with Crippen LogP contribution in [-0.2, 0) is 0 Å². The van der Waals surface area contributed by atoms with Gasteiger partial charge in [0.2, 0.25) is 0 Å². The molecular weight excluding hydrogens is 212 g/mol. The van der Waals surface area contributed by atoms with Gasteiger partial charge in [-0.15, -0.1) is 0 Å². The summed E-state index contributed by atoms with van der Waals surface area (Å²) < 4.78 is 0. The molecule has 3 rings (SSSR count). The van der Waals surface area contributed by atoms with E-state index in [0.29, 0.717) is 5.56 Å². The molecule has 0 spiro atoms. The number of aromatic nitrogens is 3. The van der Waals surface area contributed by atoms with Gasteiger partial charge < -0.3 is 4.98 Å². The fourth-order valence-electron chi connectivity index (χ4n) is 1.70. The number of rotatable bonds is 1. The topological polar surface area (TPSA) is 65.4 Å². The molecule has 0 atom stereocenters. The summed E-state index contributed by atoms with van der Waals surface area (Å²) in [6.07, 6.45) is 1.73. The van der Waals surface area contributed by atoms with Gasteiger partial charge >= 0.3 is 0 Å². The molecule has 0 saturated heterocycles. The average molecular weight is 220 g/mol. The van der Waals surface area contributed by atoms with E-state index < -0.39 is 0 Å². The SMILES string of the molecule is N#Cc1ccc2[nH]c(-c3ccccn3)nc2c1. The van der Waals surface area contributed by atoms with Crippen LogP contribution in [0.1, 0.15) is 5.56 Å². The molecular formula is C13H8N4. The summed E-state index contributed by atoms with van der Waals surface area (Å²) in [5.74, 6) is 0.718. The van der Waals surface area contributed by atoms with Crippen LogP contribution in [0.15, 0.2) is 42.6 Å². The second-order valence-electron chi connectivity index (χ2n) is 3.64. The first-order valence-electron chi connectivity index (χ1n) is 5.18. The predicted octanol–water partition coefficient (Wildman–Crippen LogP) is 2.50. The number of hydrogen-bond donors (Lipinski definition) is 1. The van der Waals surface area contributed by atoms with Crippen LogP contribution in [-0.4, -0.2) is 15.0 Å². The molecule has 2 heterocycles. The third-order valence-electron chi connectivity index (χ3n) is 2.52. The largest absolute Gasteiger partial charge is 0.337 e. The van der Waals surface area contributed by atoms with Crippen molar-refractivity contribution in [1.82, 2.24) is 15.0 Å². The number of nitrogens with one attached hydrogen (secondary N) is 1. The zero-order valence-electron chi connectivity index (χ0n) is 8.88. The zero-order chi connectivity index (χ0) is 11.7. The van der Waals surface area contributed by atoms with Crippen LogP contribution in [0.3, 0.4) is 0 Å². The first kappa shape index (κ1) is 9.55. The molecule has 2 aromatic heterocycles. The summed E-state index contributed by atoms with van der Waals surface area (Å²) >= 11 is 0. The third-order valence-corrected chi connectivity index (χ3v) is 2.52. The standard InChI is InChI=1S/C13H8N4/c14-8-9-4-5-10-12(7-9)17-13(16-10)11-3-1-2-6-15-11/h1-7H,(H,16,17). The molecule has 0 saturated carbocycles. The van der Waals surface area contributed by atoms with Gasteiger partial charge in [0.05, 0.1) is 22.7 Å². The summed E-state index contributed by atoms with van der Waals surface area (Å²) in [6, 6.07) is 13.1. The van der Waals surface area contributed by atoms with Gasteiger partial charge in [-0.2, -0.15) is 5.26 Å². The van der Waals surface area contributed by atoms with Crippen molar-refractivity contribution in [2.45, 2.75) is 0 Å². The van der Waals surface area contributed by atoms with Crippen LogP contribution >= 0.6 is 0 Å². The monoisotopic (exact) mass is 220 g/mol. The Morgan fingerprint density at radius 2 is 2.12 bits per heavy atom. The van der Waals surface area contributed by atoms with Gasteiger partial charge in [0, 0.05) is 6.20 Å². The van der Waals surface area contributed by atoms with E-state index in [2.05, 4.69) is 21.0 Å². The highest BCUT2D eigenvalue weighted by Crippen LogP contribution is 2.19. The number of imidazole rings is 1. The maximum atomic E-state index is 8.82. The van der Waals surface area contributed by atoms with Crippen LogP contribution in [0.25, 0.3) is 22.6 Å². The van der Waals surface area contributed by atoms with Gasteiger partial charge in [0.15, 0.2) is 5.82 Å². The maximum absolute atomic E-state index is 8.82. The van der Waals surface area contributed by atoms with Crippen LogP contribution < -0.4 is 0 Å². The molecule has 17 heavy (non-hydrogen) atoms. The number of benzene rings is 1. The molecule has 4 nitrogen and oxygen atoms in total. The van der Waals surface area contributed by atoms with Gasteiger partial charge in [-0.25, -0.2) is 4.98 Å². The van der Waals surface area contributed by atoms with Crippen LogP contribution in [0, 0.1) is 11.3 Å². The van der Waals surface area contributed by atoms with E-state index in [4.69, 9.17) is 5.26 Å². The molecule has 0 amide bonds. The number of hydrogen-bond acceptors (Lipinski definition) is 3. The molecule has 0 unspecified atom stereocenters. The van der Waals surface area contributed by atoms with Gasteiger partial charge in [-0.1, -0.05) is 6.07 Å². The summed E-state index contributed by atoms with van der Waals surface area (Å²) in [5.41, 5.74) is 3.09. The molecule has 80 valence electrons. The number of nitrogens with zero attached hydrogens (tertiary/aromatic N) is 3. The first-order valence-corrected chi connectivity index (χ1v) is 5.18. The lowest BCUT2D eigenvalue weighted by atomic mass is 10.2. The highest BCUT2D eigenvalue weighted by molar-refractivity contribution is 5.80. The molecule has 0 aliphatic rings. The van der Waals surface area contributed by atoms with Crippen LogP contribution in [0.2, 0.25) is 0 Å². The van der Waals surface area contributed by atoms with E-state index in [9.17, 15) is 0 Å². The van der Waals surface area contributed by atoms with E-state index in [1.165, 1.54) is 0 Å². The minimum Gasteiger partial charge on any atom is -0.337 e. The maximum Gasteiger partial charge on any atom is 0.157 e. The first-order chi connectivity index (χ1) is 8.36. The number of H-pyrrole nitrogens is 1. The highest BCUT2D eigenvalue weighted by atomic mass is 14.9. The fourth-order valence-corrected chi connectivity index (χ4v) is 1.70. The van der Waals surface area contributed by atoms with Crippen LogP contribution in [0.4, 0.5) is 0 Å². The Hall–Kier alpha value is -2.67. The van der Waals surface area contributed by atoms with Crippen LogP contribution in [0.5, 0.6) is 0 Å². The van der Waals surface area contributed by atoms with Crippen molar-refractivity contribution in [1.29, 1.82) is 5.26 Å². The van der Waals surface area contributed by atoms with E-state index in [1.807, 2.05) is 24.3 Å². The summed E-state index contributed by atoms with van der Waals surface area (Å²) in [6.45, 7) is 0. The van der Waals surface area contributed by atoms with E-state index in [0.717, 1.165) is 22.6 Å². The quantitative estimate of drug-likeness (QED) is 0.685. The minimum atomic E-state index is 0.608. The van der Waals surface area contributed by atoms with E-state index >= 15 is 0 Å². The van der Waals surface area contributed by atoms with E-state index in [-0.39, 0.29) is 0 Å². The van der Waals surface area contributed by atoms with Crippen molar-refractivity contribution in [2.75, 3.05) is 0 Å². The van der Waals surface area contributed by atoms with Gasteiger partial charge in [-0.3, -0.25) is 4.98 Å². The van der Waals surface area contributed by atoms with Crippen molar-refractivity contribution in [2.24, 2.45) is 0 Å². The Kier molecular flexibility index (Phi) is 2.09. The lowest BCUT2D eigenvalue weighted by Crippen LogP contribution is -1.82. The molecule has 0 fully saturated rings. The van der Waals surface area contributed by atoms with Crippen molar-refractivity contribution in [3.8, 4) is 17.6 Å². The fraction of sp³-hybridized carbons (Fsp3) is 0. The third kappa shape index (κ3) is 1.64. The second-order valence-corrected chi connectivity index (χ2v) is 3.64. The number of nitriles is 1. The molecule has 4 heteroatoms. The minimum absolute atomic E-state index is 0.608. The zero-order valence-corrected chi connectivity index (χ0v) is 8.88. The normalized spacial score (nSPS) is 10.3. The summed E-state index contributed by atoms with van der Waals surface area (Å²) in [5, 5.41) is 8.82. The molecule has 0 aliphatic heterocycles. The predicted molar refractivity (Wildman–Crippen MR) is 64.0 cm³/mol. The Bertz CT molecular complexity index is 707. The van der Waals surface area contributed by atoms with Crippen molar-refractivity contribution >= 4 is 11.0 Å². The summed E-state index contributed by atoms with van der Waals surface area (Å²) in [7, 11) is 0. The summed E-state index contributed by atoms with van der Waals surface area (Å²) in [4.78, 5) is 11.8. The highest BCUT2D eigenvalue weighted by Gasteiger charge is 2.06. The number of aromatic amines is 1.